The van der Waals surface area contributed by atoms with Gasteiger partial charge in [0.1, 0.15) is 5.82 Å². The Balaban J connectivity index is 1.83. The van der Waals surface area contributed by atoms with Gasteiger partial charge in [-0.1, -0.05) is 36.4 Å². The predicted molar refractivity (Wildman–Crippen MR) is 103 cm³/mol. The minimum Gasteiger partial charge on any atom is -0.329 e. The monoisotopic (exact) mass is 366 g/mol. The number of H-pyrrole nitrogens is 1. The molecule has 7 heteroatoms. The first-order valence-corrected chi connectivity index (χ1v) is 9.38. The minimum atomic E-state index is -0.238. The highest BCUT2D eigenvalue weighted by Gasteiger charge is 2.31. The molecule has 1 aliphatic rings. The Bertz CT molecular complexity index is 1010. The van der Waals surface area contributed by atoms with Gasteiger partial charge in [0, 0.05) is 17.3 Å². The van der Waals surface area contributed by atoms with Crippen molar-refractivity contribution in [3.63, 3.8) is 0 Å². The van der Waals surface area contributed by atoms with Crippen LogP contribution in [-0.4, -0.2) is 26.4 Å². The Hall–Kier alpha value is -2.80. The quantitative estimate of drug-likeness (QED) is 0.747. The lowest BCUT2D eigenvalue weighted by Crippen LogP contribution is -2.16. The highest BCUT2D eigenvalue weighted by molar-refractivity contribution is 8.00. The first-order valence-electron chi connectivity index (χ1n) is 8.34. The molecule has 0 saturated heterocycles. The second kappa shape index (κ2) is 6.84. The second-order valence-corrected chi connectivity index (χ2v) is 7.28. The van der Waals surface area contributed by atoms with Gasteiger partial charge in [0.2, 0.25) is 5.91 Å². The molecule has 0 aliphatic carbocycles. The van der Waals surface area contributed by atoms with Gasteiger partial charge in [-0.3, -0.25) is 9.59 Å². The molecular weight excluding hydrogens is 348 g/mol. The van der Waals surface area contributed by atoms with Crippen molar-refractivity contribution in [2.75, 3.05) is 11.1 Å². The highest BCUT2D eigenvalue weighted by Crippen LogP contribution is 2.42. The van der Waals surface area contributed by atoms with Gasteiger partial charge in [-0.2, -0.15) is 5.10 Å². The molecule has 0 radical (unpaired) electrons. The molecule has 1 amide bonds. The molecule has 1 aromatic carbocycles. The van der Waals surface area contributed by atoms with Gasteiger partial charge in [0.05, 0.1) is 23.2 Å². The summed E-state index contributed by atoms with van der Waals surface area (Å²) in [5.74, 6) is 0.883. The van der Waals surface area contributed by atoms with Crippen molar-refractivity contribution in [3.8, 4) is 0 Å². The lowest BCUT2D eigenvalue weighted by Gasteiger charge is -2.14. The molecule has 4 rings (SSSR count). The molecule has 0 spiro atoms. The standard InChI is InChI=1S/C19H18N4O2S/c1-12-16-17(14-8-5-9-20-19(14)25)26-11-15(24)21-18(16)23(22-12)10-13-6-3-2-4-7-13/h2-9,17H,10-11H2,1H3,(H,20,25)(H,21,24). The summed E-state index contributed by atoms with van der Waals surface area (Å²) in [5.41, 5.74) is 3.31. The Kier molecular flexibility index (Phi) is 4.38. The van der Waals surface area contributed by atoms with Crippen LogP contribution in [0.4, 0.5) is 5.82 Å². The van der Waals surface area contributed by atoms with Crippen LogP contribution < -0.4 is 10.9 Å². The van der Waals surface area contributed by atoms with E-state index in [-0.39, 0.29) is 16.7 Å². The van der Waals surface area contributed by atoms with E-state index in [1.54, 1.807) is 12.3 Å². The summed E-state index contributed by atoms with van der Waals surface area (Å²) in [5, 5.41) is 7.39. The van der Waals surface area contributed by atoms with Crippen LogP contribution in [0.25, 0.3) is 0 Å². The number of aryl methyl sites for hydroxylation is 1. The van der Waals surface area contributed by atoms with Crippen LogP contribution in [0.1, 0.15) is 27.6 Å². The molecule has 26 heavy (non-hydrogen) atoms. The van der Waals surface area contributed by atoms with Crippen LogP contribution in [0.2, 0.25) is 0 Å². The normalized spacial score (nSPS) is 16.7. The van der Waals surface area contributed by atoms with Gasteiger partial charge in [0.15, 0.2) is 0 Å². The van der Waals surface area contributed by atoms with Crippen LogP contribution in [0.3, 0.4) is 0 Å². The highest BCUT2D eigenvalue weighted by atomic mass is 32.2. The average Bonchev–Trinajstić information content (AvgIpc) is 2.82. The van der Waals surface area contributed by atoms with E-state index in [4.69, 9.17) is 0 Å². The Labute approximate surface area is 154 Å². The van der Waals surface area contributed by atoms with Crippen LogP contribution in [0, 0.1) is 6.92 Å². The fraction of sp³-hybridized carbons (Fsp3) is 0.211. The molecule has 1 unspecified atom stereocenters. The third kappa shape index (κ3) is 3.06. The first kappa shape index (κ1) is 16.7. The van der Waals surface area contributed by atoms with Crippen molar-refractivity contribution in [1.82, 2.24) is 14.8 Å². The number of hydrogen-bond acceptors (Lipinski definition) is 4. The van der Waals surface area contributed by atoms with Gasteiger partial charge in [0.25, 0.3) is 5.56 Å². The van der Waals surface area contributed by atoms with Crippen LogP contribution >= 0.6 is 11.8 Å². The summed E-state index contributed by atoms with van der Waals surface area (Å²) in [6, 6.07) is 13.6. The van der Waals surface area contributed by atoms with E-state index >= 15 is 0 Å². The number of benzene rings is 1. The lowest BCUT2D eigenvalue weighted by molar-refractivity contribution is -0.113. The van der Waals surface area contributed by atoms with E-state index in [0.717, 1.165) is 16.8 Å². The zero-order valence-corrected chi connectivity index (χ0v) is 15.0. The zero-order valence-electron chi connectivity index (χ0n) is 14.2. The molecule has 0 saturated carbocycles. The maximum Gasteiger partial charge on any atom is 0.252 e. The number of nitrogens with one attached hydrogen (secondary N) is 2. The lowest BCUT2D eigenvalue weighted by atomic mass is 10.1. The summed E-state index contributed by atoms with van der Waals surface area (Å²) < 4.78 is 1.81. The number of aromatic nitrogens is 3. The number of nitrogens with zero attached hydrogens (tertiary/aromatic N) is 2. The molecule has 2 N–H and O–H groups in total. The molecular formula is C19H18N4O2S. The van der Waals surface area contributed by atoms with Crippen LogP contribution in [-0.2, 0) is 11.3 Å². The number of thioether (sulfide) groups is 1. The molecule has 3 aromatic rings. The number of rotatable bonds is 3. The topological polar surface area (TPSA) is 79.8 Å². The summed E-state index contributed by atoms with van der Waals surface area (Å²) in [7, 11) is 0. The number of pyridine rings is 1. The molecule has 0 fully saturated rings. The molecule has 132 valence electrons. The third-order valence-electron chi connectivity index (χ3n) is 4.38. The Morgan fingerprint density at radius 1 is 1.19 bits per heavy atom. The smallest absolute Gasteiger partial charge is 0.252 e. The SMILES string of the molecule is Cc1nn(Cc2ccccc2)c2c1C(c1ccc[nH]c1=O)SCC(=O)N2. The third-order valence-corrected chi connectivity index (χ3v) is 5.63. The minimum absolute atomic E-state index is 0.0830. The summed E-state index contributed by atoms with van der Waals surface area (Å²) >= 11 is 1.45. The number of anilines is 1. The van der Waals surface area contributed by atoms with Crippen molar-refractivity contribution < 1.29 is 4.79 Å². The van der Waals surface area contributed by atoms with Gasteiger partial charge in [-0.05, 0) is 18.6 Å². The summed E-state index contributed by atoms with van der Waals surface area (Å²) in [4.78, 5) is 27.3. The number of hydrogen-bond donors (Lipinski definition) is 2. The van der Waals surface area contributed by atoms with E-state index in [0.29, 0.717) is 23.7 Å². The van der Waals surface area contributed by atoms with Crippen molar-refractivity contribution in [2.45, 2.75) is 18.7 Å². The number of aromatic amines is 1. The largest absolute Gasteiger partial charge is 0.329 e. The van der Waals surface area contributed by atoms with Crippen LogP contribution in [0.15, 0.2) is 53.5 Å². The summed E-state index contributed by atoms with van der Waals surface area (Å²) in [6.45, 7) is 2.47. The van der Waals surface area contributed by atoms with Crippen molar-refractivity contribution >= 4 is 23.5 Å². The number of fused-ring (bicyclic) bond motifs is 1. The molecule has 2 aromatic heterocycles. The molecule has 3 heterocycles. The van der Waals surface area contributed by atoms with Gasteiger partial charge in [-0.25, -0.2) is 4.68 Å². The van der Waals surface area contributed by atoms with Crippen molar-refractivity contribution in [1.29, 1.82) is 0 Å². The molecule has 0 bridgehead atoms. The zero-order chi connectivity index (χ0) is 18.1. The first-order chi connectivity index (χ1) is 12.6. The molecule has 1 aliphatic heterocycles. The maximum absolute atomic E-state index is 12.3. The van der Waals surface area contributed by atoms with Crippen LogP contribution in [0.5, 0.6) is 0 Å². The van der Waals surface area contributed by atoms with E-state index in [9.17, 15) is 9.59 Å². The van der Waals surface area contributed by atoms with Gasteiger partial charge in [-0.15, -0.1) is 11.8 Å². The van der Waals surface area contributed by atoms with Crippen molar-refractivity contribution in [2.24, 2.45) is 0 Å². The van der Waals surface area contributed by atoms with E-state index in [2.05, 4.69) is 15.4 Å². The second-order valence-electron chi connectivity index (χ2n) is 6.18. The fourth-order valence-electron chi connectivity index (χ4n) is 3.21. The number of amides is 1. The average molecular weight is 366 g/mol. The fourth-order valence-corrected chi connectivity index (χ4v) is 4.41. The van der Waals surface area contributed by atoms with E-state index in [1.165, 1.54) is 11.8 Å². The predicted octanol–water partition coefficient (Wildman–Crippen LogP) is 2.70. The van der Waals surface area contributed by atoms with E-state index < -0.39 is 0 Å². The summed E-state index contributed by atoms with van der Waals surface area (Å²) in [6.07, 6.45) is 1.61. The maximum atomic E-state index is 12.3. The number of carbonyl (C=O) groups excluding carboxylic acids is 1. The Morgan fingerprint density at radius 2 is 2.00 bits per heavy atom. The molecule has 6 nitrogen and oxygen atoms in total. The van der Waals surface area contributed by atoms with E-state index in [1.807, 2.05) is 48.0 Å². The Morgan fingerprint density at radius 3 is 2.77 bits per heavy atom. The number of carbonyl (C=O) groups is 1. The van der Waals surface area contributed by atoms with Crippen molar-refractivity contribution in [3.05, 3.63) is 81.4 Å². The molecule has 1 atom stereocenters. The van der Waals surface area contributed by atoms with Gasteiger partial charge >= 0.3 is 0 Å². The van der Waals surface area contributed by atoms with Gasteiger partial charge < -0.3 is 10.3 Å².